The molecular weight excluding hydrogens is 300 g/mol. The average Bonchev–Trinajstić information content (AvgIpc) is 2.50. The van der Waals surface area contributed by atoms with Gasteiger partial charge >= 0.3 is 0 Å². The zero-order chi connectivity index (χ0) is 17.0. The first-order chi connectivity index (χ1) is 10.8. The van der Waals surface area contributed by atoms with Crippen LogP contribution in [-0.4, -0.2) is 11.0 Å². The van der Waals surface area contributed by atoms with E-state index in [-0.39, 0.29) is 12.0 Å². The van der Waals surface area contributed by atoms with Crippen molar-refractivity contribution in [1.82, 2.24) is 5.32 Å². The Hall–Kier alpha value is -2.27. The molecule has 0 aliphatic rings. The van der Waals surface area contributed by atoms with E-state index in [1.807, 2.05) is 6.07 Å². The Morgan fingerprint density at radius 2 is 1.83 bits per heavy atom. The first-order valence-corrected chi connectivity index (χ1v) is 7.32. The lowest BCUT2D eigenvalue weighted by Crippen LogP contribution is -2.34. The van der Waals surface area contributed by atoms with E-state index in [1.54, 1.807) is 31.2 Å². The third kappa shape index (κ3) is 4.13. The van der Waals surface area contributed by atoms with Crippen LogP contribution in [0.3, 0.4) is 0 Å². The van der Waals surface area contributed by atoms with Gasteiger partial charge in [0.25, 0.3) is 0 Å². The zero-order valence-corrected chi connectivity index (χ0v) is 13.0. The van der Waals surface area contributed by atoms with Crippen LogP contribution in [0.2, 0.25) is 0 Å². The molecule has 1 amide bonds. The summed E-state index contributed by atoms with van der Waals surface area (Å²) in [5.41, 5.74) is -0.664. The van der Waals surface area contributed by atoms with Crippen LogP contribution in [0.5, 0.6) is 0 Å². The van der Waals surface area contributed by atoms with Crippen molar-refractivity contribution >= 4 is 5.91 Å². The Kier molecular flexibility index (Phi) is 5.11. The molecular formula is C18H19F2NO2. The molecule has 0 heterocycles. The molecule has 0 fully saturated rings. The number of amides is 1. The number of hydrogen-bond acceptors (Lipinski definition) is 2. The highest BCUT2D eigenvalue weighted by molar-refractivity contribution is 5.77. The SMILES string of the molecule is CC(NC(=O)CC(C)(O)c1ccccc1)c1cccc(F)c1F. The van der Waals surface area contributed by atoms with Gasteiger partial charge < -0.3 is 10.4 Å². The van der Waals surface area contributed by atoms with Crippen molar-refractivity contribution in [3.63, 3.8) is 0 Å². The summed E-state index contributed by atoms with van der Waals surface area (Å²) in [5, 5.41) is 13.0. The van der Waals surface area contributed by atoms with Gasteiger partial charge in [-0.1, -0.05) is 42.5 Å². The van der Waals surface area contributed by atoms with Crippen LogP contribution in [0, 0.1) is 11.6 Å². The van der Waals surface area contributed by atoms with Gasteiger partial charge in [-0.05, 0) is 25.5 Å². The number of rotatable bonds is 5. The molecule has 2 atom stereocenters. The smallest absolute Gasteiger partial charge is 0.223 e. The predicted molar refractivity (Wildman–Crippen MR) is 83.5 cm³/mol. The molecule has 0 aliphatic carbocycles. The fraction of sp³-hybridized carbons (Fsp3) is 0.278. The second kappa shape index (κ2) is 6.87. The van der Waals surface area contributed by atoms with Gasteiger partial charge in [0.15, 0.2) is 11.6 Å². The summed E-state index contributed by atoms with van der Waals surface area (Å²) in [6, 6.07) is 11.9. The summed E-state index contributed by atoms with van der Waals surface area (Å²) in [5.74, 6) is -2.38. The standard InChI is InChI=1S/C18H19F2NO2/c1-12(14-9-6-10-15(19)17(14)20)21-16(22)11-18(2,23)13-7-4-3-5-8-13/h3-10,12,23H,11H2,1-2H3,(H,21,22). The van der Waals surface area contributed by atoms with Gasteiger partial charge in [0, 0.05) is 5.56 Å². The van der Waals surface area contributed by atoms with E-state index in [0.29, 0.717) is 5.56 Å². The fourth-order valence-electron chi connectivity index (χ4n) is 2.44. The van der Waals surface area contributed by atoms with Crippen molar-refractivity contribution in [1.29, 1.82) is 0 Å². The quantitative estimate of drug-likeness (QED) is 0.887. The van der Waals surface area contributed by atoms with E-state index in [2.05, 4.69) is 5.32 Å². The van der Waals surface area contributed by atoms with Crippen LogP contribution < -0.4 is 5.32 Å². The van der Waals surface area contributed by atoms with Gasteiger partial charge in [0.05, 0.1) is 18.1 Å². The number of hydrogen-bond donors (Lipinski definition) is 2. The molecule has 2 rings (SSSR count). The van der Waals surface area contributed by atoms with E-state index >= 15 is 0 Å². The number of carbonyl (C=O) groups is 1. The number of halogens is 2. The molecule has 2 aromatic rings. The maximum absolute atomic E-state index is 13.7. The zero-order valence-electron chi connectivity index (χ0n) is 13.0. The Labute approximate surface area is 134 Å². The van der Waals surface area contributed by atoms with E-state index in [0.717, 1.165) is 6.07 Å². The summed E-state index contributed by atoms with van der Waals surface area (Å²) >= 11 is 0. The van der Waals surface area contributed by atoms with Crippen LogP contribution in [0.15, 0.2) is 48.5 Å². The van der Waals surface area contributed by atoms with Gasteiger partial charge in [-0.2, -0.15) is 0 Å². The molecule has 0 spiro atoms. The topological polar surface area (TPSA) is 49.3 Å². The highest BCUT2D eigenvalue weighted by Gasteiger charge is 2.27. The second-order valence-corrected chi connectivity index (χ2v) is 5.75. The lowest BCUT2D eigenvalue weighted by molar-refractivity contribution is -0.126. The van der Waals surface area contributed by atoms with Gasteiger partial charge in [-0.3, -0.25) is 4.79 Å². The Morgan fingerprint density at radius 3 is 2.48 bits per heavy atom. The van der Waals surface area contributed by atoms with Crippen molar-refractivity contribution in [2.45, 2.75) is 31.9 Å². The van der Waals surface area contributed by atoms with Crippen LogP contribution in [-0.2, 0) is 10.4 Å². The van der Waals surface area contributed by atoms with E-state index in [9.17, 15) is 18.7 Å². The minimum atomic E-state index is -1.34. The lowest BCUT2D eigenvalue weighted by Gasteiger charge is -2.24. The second-order valence-electron chi connectivity index (χ2n) is 5.75. The maximum atomic E-state index is 13.7. The van der Waals surface area contributed by atoms with Crippen LogP contribution in [0.1, 0.15) is 37.4 Å². The maximum Gasteiger partial charge on any atom is 0.223 e. The molecule has 0 saturated carbocycles. The van der Waals surface area contributed by atoms with E-state index < -0.39 is 29.2 Å². The third-order valence-corrected chi connectivity index (χ3v) is 3.73. The van der Waals surface area contributed by atoms with Gasteiger partial charge in [-0.25, -0.2) is 8.78 Å². The molecule has 0 bridgehead atoms. The first kappa shape index (κ1) is 17.1. The van der Waals surface area contributed by atoms with E-state index in [4.69, 9.17) is 0 Å². The number of benzene rings is 2. The molecule has 23 heavy (non-hydrogen) atoms. The molecule has 0 aromatic heterocycles. The molecule has 0 radical (unpaired) electrons. The first-order valence-electron chi connectivity index (χ1n) is 7.32. The Bertz CT molecular complexity index is 687. The van der Waals surface area contributed by atoms with Crippen molar-refractivity contribution in [2.24, 2.45) is 0 Å². The number of carbonyl (C=O) groups excluding carboxylic acids is 1. The highest BCUT2D eigenvalue weighted by atomic mass is 19.2. The summed E-state index contributed by atoms with van der Waals surface area (Å²) < 4.78 is 27.0. The number of nitrogens with one attached hydrogen (secondary N) is 1. The third-order valence-electron chi connectivity index (χ3n) is 3.73. The Morgan fingerprint density at radius 1 is 1.17 bits per heavy atom. The summed E-state index contributed by atoms with van der Waals surface area (Å²) in [6.07, 6.45) is -0.182. The van der Waals surface area contributed by atoms with Crippen LogP contribution in [0.4, 0.5) is 8.78 Å². The largest absolute Gasteiger partial charge is 0.385 e. The molecule has 0 aliphatic heterocycles. The van der Waals surface area contributed by atoms with Gasteiger partial charge in [0.2, 0.25) is 5.91 Å². The van der Waals surface area contributed by atoms with Crippen LogP contribution >= 0.6 is 0 Å². The molecule has 0 saturated heterocycles. The van der Waals surface area contributed by atoms with Gasteiger partial charge in [0.1, 0.15) is 0 Å². The predicted octanol–water partition coefficient (Wildman–Crippen LogP) is 3.44. The monoisotopic (exact) mass is 319 g/mol. The lowest BCUT2D eigenvalue weighted by atomic mass is 9.92. The summed E-state index contributed by atoms with van der Waals surface area (Å²) in [4.78, 5) is 12.1. The Balaban J connectivity index is 2.06. The highest BCUT2D eigenvalue weighted by Crippen LogP contribution is 2.25. The molecule has 122 valence electrons. The fourth-order valence-corrected chi connectivity index (χ4v) is 2.44. The minimum absolute atomic E-state index is 0.0673. The van der Waals surface area contributed by atoms with Crippen LogP contribution in [0.25, 0.3) is 0 Å². The summed E-state index contributed by atoms with van der Waals surface area (Å²) in [7, 11) is 0. The van der Waals surface area contributed by atoms with E-state index in [1.165, 1.54) is 19.1 Å². The summed E-state index contributed by atoms with van der Waals surface area (Å²) in [6.45, 7) is 3.10. The molecule has 2 N–H and O–H groups in total. The van der Waals surface area contributed by atoms with Crippen molar-refractivity contribution < 1.29 is 18.7 Å². The van der Waals surface area contributed by atoms with Gasteiger partial charge in [-0.15, -0.1) is 0 Å². The average molecular weight is 319 g/mol. The number of aliphatic hydroxyl groups is 1. The molecule has 2 unspecified atom stereocenters. The van der Waals surface area contributed by atoms with Crippen molar-refractivity contribution in [3.8, 4) is 0 Å². The van der Waals surface area contributed by atoms with Crippen molar-refractivity contribution in [2.75, 3.05) is 0 Å². The molecule has 3 nitrogen and oxygen atoms in total. The minimum Gasteiger partial charge on any atom is -0.385 e. The normalized spacial score (nSPS) is 14.8. The van der Waals surface area contributed by atoms with Crippen molar-refractivity contribution in [3.05, 3.63) is 71.3 Å². The molecule has 2 aromatic carbocycles. The molecule has 5 heteroatoms.